The number of halogens is 1. The van der Waals surface area contributed by atoms with E-state index in [0.29, 0.717) is 11.6 Å². The molecule has 0 saturated carbocycles. The molecule has 2 heterocycles. The Labute approximate surface area is 83.6 Å². The average molecular weight is 239 g/mol. The second-order valence-corrected chi connectivity index (χ2v) is 3.00. The van der Waals surface area contributed by atoms with Crippen LogP contribution >= 0.6 is 15.9 Å². The Morgan fingerprint density at radius 2 is 2.23 bits per heavy atom. The minimum Gasteiger partial charge on any atom is -0.342 e. The van der Waals surface area contributed by atoms with Gasteiger partial charge < -0.3 is 4.98 Å². The molecule has 0 saturated heterocycles. The van der Waals surface area contributed by atoms with Gasteiger partial charge in [-0.05, 0) is 6.07 Å². The lowest BCUT2D eigenvalue weighted by Gasteiger charge is -1.96. The maximum absolute atomic E-state index is 4.28. The van der Waals surface area contributed by atoms with Gasteiger partial charge in [-0.3, -0.25) is 0 Å². The third-order valence-electron chi connectivity index (χ3n) is 1.56. The van der Waals surface area contributed by atoms with Crippen molar-refractivity contribution < 1.29 is 0 Å². The van der Waals surface area contributed by atoms with Crippen molar-refractivity contribution in [2.24, 2.45) is 0 Å². The Bertz CT molecular complexity index is 385. The topological polar surface area (TPSA) is 54.5 Å². The Morgan fingerprint density at radius 1 is 1.31 bits per heavy atom. The molecule has 0 spiro atoms. The number of aromatic nitrogens is 4. The van der Waals surface area contributed by atoms with Crippen molar-refractivity contribution in [2.75, 3.05) is 0 Å². The standard InChI is InChI=1S/C8H7BrN4/c9-5-6-1-2-10-8(13-6)7-11-3-4-12-7/h1-4H,5H2,(H,11,12). The van der Waals surface area contributed by atoms with Gasteiger partial charge in [0.15, 0.2) is 11.6 Å². The molecule has 0 aliphatic heterocycles. The van der Waals surface area contributed by atoms with E-state index in [-0.39, 0.29) is 0 Å². The molecule has 0 fully saturated rings. The summed E-state index contributed by atoms with van der Waals surface area (Å²) in [5.74, 6) is 1.32. The summed E-state index contributed by atoms with van der Waals surface area (Å²) in [6.45, 7) is 0. The normalized spacial score (nSPS) is 10.2. The molecule has 0 bridgehead atoms. The summed E-state index contributed by atoms with van der Waals surface area (Å²) < 4.78 is 0. The van der Waals surface area contributed by atoms with E-state index in [4.69, 9.17) is 0 Å². The zero-order valence-electron chi connectivity index (χ0n) is 6.74. The maximum atomic E-state index is 4.28. The number of hydrogen-bond acceptors (Lipinski definition) is 3. The van der Waals surface area contributed by atoms with E-state index in [1.54, 1.807) is 18.6 Å². The van der Waals surface area contributed by atoms with Crippen molar-refractivity contribution in [2.45, 2.75) is 5.33 Å². The Morgan fingerprint density at radius 3 is 2.92 bits per heavy atom. The number of hydrogen-bond donors (Lipinski definition) is 1. The molecule has 4 nitrogen and oxygen atoms in total. The molecular weight excluding hydrogens is 232 g/mol. The van der Waals surface area contributed by atoms with E-state index in [1.807, 2.05) is 6.07 Å². The van der Waals surface area contributed by atoms with Crippen molar-refractivity contribution in [3.8, 4) is 11.6 Å². The number of nitrogens with one attached hydrogen (secondary N) is 1. The van der Waals surface area contributed by atoms with Gasteiger partial charge in [-0.2, -0.15) is 0 Å². The van der Waals surface area contributed by atoms with Crippen molar-refractivity contribution in [3.05, 3.63) is 30.4 Å². The average Bonchev–Trinajstić information content (AvgIpc) is 2.71. The molecule has 2 rings (SSSR count). The minimum atomic E-state index is 0.627. The summed E-state index contributed by atoms with van der Waals surface area (Å²) in [7, 11) is 0. The summed E-state index contributed by atoms with van der Waals surface area (Å²) in [4.78, 5) is 15.4. The quantitative estimate of drug-likeness (QED) is 0.812. The number of nitrogens with zero attached hydrogens (tertiary/aromatic N) is 3. The molecule has 0 unspecified atom stereocenters. The molecule has 2 aromatic heterocycles. The lowest BCUT2D eigenvalue weighted by Crippen LogP contribution is -1.93. The number of H-pyrrole nitrogens is 1. The molecular formula is C8H7BrN4. The highest BCUT2D eigenvalue weighted by atomic mass is 79.9. The van der Waals surface area contributed by atoms with Crippen LogP contribution in [0.25, 0.3) is 11.6 Å². The lowest BCUT2D eigenvalue weighted by atomic mass is 10.4. The third kappa shape index (κ3) is 1.75. The maximum Gasteiger partial charge on any atom is 0.195 e. The molecule has 0 atom stereocenters. The molecule has 0 amide bonds. The van der Waals surface area contributed by atoms with Crippen LogP contribution in [0, 0.1) is 0 Å². The first kappa shape index (κ1) is 8.37. The van der Waals surface area contributed by atoms with Crippen molar-refractivity contribution in [1.29, 1.82) is 0 Å². The molecule has 0 aliphatic carbocycles. The number of rotatable bonds is 2. The molecule has 66 valence electrons. The number of alkyl halides is 1. The van der Waals surface area contributed by atoms with Crippen LogP contribution in [0.5, 0.6) is 0 Å². The van der Waals surface area contributed by atoms with Gasteiger partial charge in [-0.1, -0.05) is 15.9 Å². The third-order valence-corrected chi connectivity index (χ3v) is 2.13. The molecule has 5 heteroatoms. The SMILES string of the molecule is BrCc1ccnc(-c2ncc[nH]2)n1. The second kappa shape index (κ2) is 3.66. The van der Waals surface area contributed by atoms with Crippen LogP contribution in [0.2, 0.25) is 0 Å². The summed E-state index contributed by atoms with van der Waals surface area (Å²) in [5.41, 5.74) is 0.946. The van der Waals surface area contributed by atoms with Crippen LogP contribution in [-0.4, -0.2) is 19.9 Å². The van der Waals surface area contributed by atoms with Gasteiger partial charge in [-0.15, -0.1) is 0 Å². The molecule has 0 radical (unpaired) electrons. The van der Waals surface area contributed by atoms with Gasteiger partial charge in [0.1, 0.15) is 0 Å². The van der Waals surface area contributed by atoms with Crippen LogP contribution in [0.3, 0.4) is 0 Å². The Kier molecular flexibility index (Phi) is 2.35. The fourth-order valence-corrected chi connectivity index (χ4v) is 1.28. The van der Waals surface area contributed by atoms with Gasteiger partial charge in [0.2, 0.25) is 0 Å². The van der Waals surface area contributed by atoms with E-state index in [1.165, 1.54) is 0 Å². The van der Waals surface area contributed by atoms with E-state index in [2.05, 4.69) is 35.9 Å². The lowest BCUT2D eigenvalue weighted by molar-refractivity contribution is 1.07. The van der Waals surface area contributed by atoms with Gasteiger partial charge in [-0.25, -0.2) is 15.0 Å². The zero-order chi connectivity index (χ0) is 9.10. The van der Waals surface area contributed by atoms with Gasteiger partial charge in [0.05, 0.1) is 5.69 Å². The monoisotopic (exact) mass is 238 g/mol. The van der Waals surface area contributed by atoms with Crippen LogP contribution in [0.15, 0.2) is 24.7 Å². The van der Waals surface area contributed by atoms with Crippen molar-refractivity contribution in [1.82, 2.24) is 19.9 Å². The van der Waals surface area contributed by atoms with Crippen molar-refractivity contribution in [3.63, 3.8) is 0 Å². The predicted molar refractivity (Wildman–Crippen MR) is 52.2 cm³/mol. The van der Waals surface area contributed by atoms with E-state index >= 15 is 0 Å². The summed E-state index contributed by atoms with van der Waals surface area (Å²) in [6.07, 6.45) is 5.15. The minimum absolute atomic E-state index is 0.627. The second-order valence-electron chi connectivity index (χ2n) is 2.44. The van der Waals surface area contributed by atoms with Crippen LogP contribution in [0.4, 0.5) is 0 Å². The predicted octanol–water partition coefficient (Wildman–Crippen LogP) is 1.76. The highest BCUT2D eigenvalue weighted by Gasteiger charge is 2.02. The van der Waals surface area contributed by atoms with Gasteiger partial charge in [0, 0.05) is 23.9 Å². The summed E-state index contributed by atoms with van der Waals surface area (Å²) in [5, 5.41) is 0.725. The van der Waals surface area contributed by atoms with E-state index in [0.717, 1.165) is 11.0 Å². The van der Waals surface area contributed by atoms with Crippen LogP contribution in [-0.2, 0) is 5.33 Å². The molecule has 2 aromatic rings. The van der Waals surface area contributed by atoms with E-state index in [9.17, 15) is 0 Å². The largest absolute Gasteiger partial charge is 0.342 e. The summed E-state index contributed by atoms with van der Waals surface area (Å²) >= 11 is 3.33. The van der Waals surface area contributed by atoms with Crippen molar-refractivity contribution >= 4 is 15.9 Å². The van der Waals surface area contributed by atoms with Gasteiger partial charge >= 0.3 is 0 Å². The Hall–Kier alpha value is -1.23. The molecule has 0 aromatic carbocycles. The fraction of sp³-hybridized carbons (Fsp3) is 0.125. The smallest absolute Gasteiger partial charge is 0.195 e. The first-order valence-corrected chi connectivity index (χ1v) is 4.90. The van der Waals surface area contributed by atoms with Gasteiger partial charge in [0.25, 0.3) is 0 Å². The fourth-order valence-electron chi connectivity index (χ4n) is 0.972. The number of imidazole rings is 1. The first-order chi connectivity index (χ1) is 6.40. The summed E-state index contributed by atoms with van der Waals surface area (Å²) in [6, 6.07) is 1.86. The molecule has 1 N–H and O–H groups in total. The Balaban J connectivity index is 2.41. The first-order valence-electron chi connectivity index (χ1n) is 3.78. The van der Waals surface area contributed by atoms with E-state index < -0.39 is 0 Å². The highest BCUT2D eigenvalue weighted by Crippen LogP contribution is 2.09. The zero-order valence-corrected chi connectivity index (χ0v) is 8.32. The number of aromatic amines is 1. The molecule has 0 aliphatic rings. The molecule has 13 heavy (non-hydrogen) atoms. The highest BCUT2D eigenvalue weighted by molar-refractivity contribution is 9.08. The van der Waals surface area contributed by atoms with Crippen LogP contribution < -0.4 is 0 Å². The van der Waals surface area contributed by atoms with Crippen LogP contribution in [0.1, 0.15) is 5.69 Å².